The topological polar surface area (TPSA) is 32.9 Å². The average Bonchev–Trinajstić information content (AvgIpc) is 2.09. The fourth-order valence-corrected chi connectivity index (χ4v) is 1.80. The number of hydrogen-bond donors (Lipinski definition) is 1. The van der Waals surface area contributed by atoms with Gasteiger partial charge in [-0.2, -0.15) is 0 Å². The summed E-state index contributed by atoms with van der Waals surface area (Å²) in [7, 11) is 0. The van der Waals surface area contributed by atoms with Crippen molar-refractivity contribution in [1.29, 1.82) is 0 Å². The number of nitrogens with one attached hydrogen (secondary N) is 1. The Hall–Kier alpha value is -0.840. The predicted octanol–water partition coefficient (Wildman–Crippen LogP) is 2.44. The van der Waals surface area contributed by atoms with E-state index in [1.165, 1.54) is 5.56 Å². The van der Waals surface area contributed by atoms with Crippen molar-refractivity contribution in [3.8, 4) is 0 Å². The lowest BCUT2D eigenvalue weighted by atomic mass is 10.1. The summed E-state index contributed by atoms with van der Waals surface area (Å²) in [6.07, 6.45) is 0. The molecule has 0 saturated carbocycles. The van der Waals surface area contributed by atoms with Gasteiger partial charge < -0.3 is 4.98 Å². The number of pyridine rings is 1. The van der Waals surface area contributed by atoms with Crippen molar-refractivity contribution in [1.82, 2.24) is 4.98 Å². The van der Waals surface area contributed by atoms with Crippen LogP contribution in [0.15, 0.2) is 29.1 Å². The number of aryl methyl sites for hydroxylation is 1. The molecule has 0 aliphatic carbocycles. The maximum atomic E-state index is 11.3. The maximum Gasteiger partial charge on any atom is 0.261 e. The highest BCUT2D eigenvalue weighted by molar-refractivity contribution is 14.1. The Labute approximate surface area is 89.1 Å². The molecule has 1 heterocycles. The Bertz CT molecular complexity index is 516. The van der Waals surface area contributed by atoms with Gasteiger partial charge in [-0.1, -0.05) is 12.1 Å². The molecule has 13 heavy (non-hydrogen) atoms. The van der Waals surface area contributed by atoms with Crippen LogP contribution in [0.25, 0.3) is 10.9 Å². The Balaban J connectivity index is 2.97. The normalized spacial score (nSPS) is 10.6. The molecule has 0 spiro atoms. The van der Waals surface area contributed by atoms with Crippen LogP contribution < -0.4 is 5.56 Å². The molecule has 0 bridgehead atoms. The van der Waals surface area contributed by atoms with Gasteiger partial charge in [0.15, 0.2) is 0 Å². The van der Waals surface area contributed by atoms with Gasteiger partial charge >= 0.3 is 0 Å². The van der Waals surface area contributed by atoms with Gasteiger partial charge in [0.05, 0.1) is 3.57 Å². The van der Waals surface area contributed by atoms with Crippen molar-refractivity contribution in [3.63, 3.8) is 0 Å². The number of rotatable bonds is 0. The van der Waals surface area contributed by atoms with Crippen LogP contribution in [0.1, 0.15) is 5.56 Å². The van der Waals surface area contributed by atoms with Crippen molar-refractivity contribution >= 4 is 33.5 Å². The smallest absolute Gasteiger partial charge is 0.261 e. The number of H-pyrrole nitrogens is 1. The number of halogens is 1. The molecule has 1 aromatic carbocycles. The molecule has 0 aliphatic heterocycles. The van der Waals surface area contributed by atoms with Gasteiger partial charge in [0.1, 0.15) is 0 Å². The zero-order valence-electron chi connectivity index (χ0n) is 7.10. The van der Waals surface area contributed by atoms with Gasteiger partial charge in [0.2, 0.25) is 0 Å². The third kappa shape index (κ3) is 1.48. The number of benzene rings is 1. The molecule has 0 atom stereocenters. The molecule has 66 valence electrons. The molecule has 2 rings (SSSR count). The summed E-state index contributed by atoms with van der Waals surface area (Å²) in [6, 6.07) is 7.82. The van der Waals surface area contributed by atoms with E-state index < -0.39 is 0 Å². The minimum absolute atomic E-state index is 0.0151. The molecule has 1 N–H and O–H groups in total. The first-order valence-electron chi connectivity index (χ1n) is 3.96. The first-order valence-corrected chi connectivity index (χ1v) is 5.04. The fourth-order valence-electron chi connectivity index (χ4n) is 1.36. The molecule has 1 aromatic heterocycles. The van der Waals surface area contributed by atoms with Crippen LogP contribution in [0.3, 0.4) is 0 Å². The molecule has 0 amide bonds. The second-order valence-electron chi connectivity index (χ2n) is 2.98. The monoisotopic (exact) mass is 285 g/mol. The second-order valence-corrected chi connectivity index (χ2v) is 4.14. The first-order chi connectivity index (χ1) is 6.18. The summed E-state index contributed by atoms with van der Waals surface area (Å²) in [5, 5.41) is 1.12. The average molecular weight is 285 g/mol. The van der Waals surface area contributed by atoms with E-state index in [2.05, 4.69) is 4.98 Å². The Morgan fingerprint density at radius 2 is 2.15 bits per heavy atom. The van der Waals surface area contributed by atoms with E-state index in [9.17, 15) is 4.79 Å². The molecule has 0 saturated heterocycles. The van der Waals surface area contributed by atoms with Crippen molar-refractivity contribution in [2.45, 2.75) is 6.92 Å². The van der Waals surface area contributed by atoms with E-state index in [0.717, 1.165) is 14.5 Å². The summed E-state index contributed by atoms with van der Waals surface area (Å²) in [5.41, 5.74) is 2.08. The first kappa shape index (κ1) is 8.74. The Kier molecular flexibility index (Phi) is 2.11. The van der Waals surface area contributed by atoms with Gasteiger partial charge in [-0.3, -0.25) is 4.79 Å². The summed E-state index contributed by atoms with van der Waals surface area (Å²) in [5.74, 6) is 0. The standard InChI is InChI=1S/C10H8INO/c1-6-3-2-4-9-7(6)5-8(11)10(13)12-9/h2-5H,1H3,(H,12,13). The predicted molar refractivity (Wildman–Crippen MR) is 62.0 cm³/mol. The van der Waals surface area contributed by atoms with Gasteiger partial charge in [-0.05, 0) is 47.2 Å². The molecular weight excluding hydrogens is 277 g/mol. The van der Waals surface area contributed by atoms with Crippen LogP contribution >= 0.6 is 22.6 Å². The molecule has 0 unspecified atom stereocenters. The van der Waals surface area contributed by atoms with Crippen LogP contribution in [0.4, 0.5) is 0 Å². The Morgan fingerprint density at radius 1 is 1.38 bits per heavy atom. The van der Waals surface area contributed by atoms with Gasteiger partial charge in [0.25, 0.3) is 5.56 Å². The maximum absolute atomic E-state index is 11.3. The van der Waals surface area contributed by atoms with E-state index in [1.54, 1.807) is 0 Å². The lowest BCUT2D eigenvalue weighted by Gasteiger charge is -2.01. The summed E-state index contributed by atoms with van der Waals surface area (Å²) in [4.78, 5) is 14.1. The largest absolute Gasteiger partial charge is 0.321 e. The molecule has 2 nitrogen and oxygen atoms in total. The van der Waals surface area contributed by atoms with Crippen LogP contribution in [0.5, 0.6) is 0 Å². The number of aromatic amines is 1. The van der Waals surface area contributed by atoms with Gasteiger partial charge in [0, 0.05) is 10.9 Å². The fraction of sp³-hybridized carbons (Fsp3) is 0.100. The van der Waals surface area contributed by atoms with E-state index in [-0.39, 0.29) is 5.56 Å². The highest BCUT2D eigenvalue weighted by Crippen LogP contribution is 2.15. The van der Waals surface area contributed by atoms with E-state index in [1.807, 2.05) is 53.8 Å². The minimum atomic E-state index is -0.0151. The van der Waals surface area contributed by atoms with E-state index in [0.29, 0.717) is 0 Å². The Morgan fingerprint density at radius 3 is 2.92 bits per heavy atom. The molecule has 0 fully saturated rings. The van der Waals surface area contributed by atoms with Crippen LogP contribution in [-0.2, 0) is 0 Å². The lowest BCUT2D eigenvalue weighted by Crippen LogP contribution is -2.08. The van der Waals surface area contributed by atoms with Crippen molar-refractivity contribution in [2.75, 3.05) is 0 Å². The van der Waals surface area contributed by atoms with Crippen LogP contribution in [0.2, 0.25) is 0 Å². The summed E-state index contributed by atoms with van der Waals surface area (Å²) >= 11 is 2.05. The number of hydrogen-bond acceptors (Lipinski definition) is 1. The van der Waals surface area contributed by atoms with Crippen molar-refractivity contribution in [2.24, 2.45) is 0 Å². The summed E-state index contributed by atoms with van der Waals surface area (Å²) < 4.78 is 0.736. The lowest BCUT2D eigenvalue weighted by molar-refractivity contribution is 1.27. The highest BCUT2D eigenvalue weighted by atomic mass is 127. The third-order valence-corrected chi connectivity index (χ3v) is 2.86. The SMILES string of the molecule is Cc1cccc2[nH]c(=O)c(I)cc12. The molecular formula is C10H8INO. The quantitative estimate of drug-likeness (QED) is 0.741. The van der Waals surface area contributed by atoms with Gasteiger partial charge in [-0.15, -0.1) is 0 Å². The van der Waals surface area contributed by atoms with Crippen LogP contribution in [-0.4, -0.2) is 4.98 Å². The van der Waals surface area contributed by atoms with Gasteiger partial charge in [-0.25, -0.2) is 0 Å². The highest BCUT2D eigenvalue weighted by Gasteiger charge is 2.00. The third-order valence-electron chi connectivity index (χ3n) is 2.06. The summed E-state index contributed by atoms with van der Waals surface area (Å²) in [6.45, 7) is 2.04. The molecule has 0 radical (unpaired) electrons. The van der Waals surface area contributed by atoms with E-state index in [4.69, 9.17) is 0 Å². The zero-order valence-corrected chi connectivity index (χ0v) is 9.25. The molecule has 2 aromatic rings. The zero-order chi connectivity index (χ0) is 9.42. The van der Waals surface area contributed by atoms with Crippen molar-refractivity contribution in [3.05, 3.63) is 43.8 Å². The van der Waals surface area contributed by atoms with Crippen LogP contribution in [0, 0.1) is 10.5 Å². The minimum Gasteiger partial charge on any atom is -0.321 e. The van der Waals surface area contributed by atoms with Crippen molar-refractivity contribution < 1.29 is 0 Å². The second kappa shape index (κ2) is 3.14. The molecule has 0 aliphatic rings. The number of fused-ring (bicyclic) bond motifs is 1. The molecule has 3 heteroatoms. The van der Waals surface area contributed by atoms with E-state index >= 15 is 0 Å². The number of aromatic nitrogens is 1.